The van der Waals surface area contributed by atoms with Crippen LogP contribution in [0.2, 0.25) is 0 Å². The molecule has 15 nitrogen and oxygen atoms in total. The van der Waals surface area contributed by atoms with Crippen LogP contribution in [0.15, 0.2) is 109 Å². The van der Waals surface area contributed by atoms with Crippen molar-refractivity contribution < 1.29 is 28.7 Å². The lowest BCUT2D eigenvalue weighted by atomic mass is 9.95. The smallest absolute Gasteiger partial charge is 0.407 e. The number of amides is 4. The van der Waals surface area contributed by atoms with Crippen molar-refractivity contribution in [2.45, 2.75) is 83.1 Å². The molecule has 3 aromatic carbocycles. The van der Waals surface area contributed by atoms with Crippen molar-refractivity contribution in [2.75, 3.05) is 27.3 Å². The largest absolute Gasteiger partial charge is 0.453 e. The number of carbonyl (C=O) groups is 4. The molecule has 3 aliphatic rings. The number of allylic oxidation sites excluding steroid dienone is 1. The first-order valence-electron chi connectivity index (χ1n) is 21.9. The van der Waals surface area contributed by atoms with Gasteiger partial charge in [0.15, 0.2) is 0 Å². The predicted molar refractivity (Wildman–Crippen MR) is 243 cm³/mol. The summed E-state index contributed by atoms with van der Waals surface area (Å²) in [6, 6.07) is 24.9. The number of alkyl carbamates (subject to hydrolysis) is 2. The minimum atomic E-state index is -0.869. The number of methoxy groups -OCH3 is 2. The highest BCUT2D eigenvalue weighted by Crippen LogP contribution is 2.34. The zero-order valence-corrected chi connectivity index (χ0v) is 36.7. The number of imidazole rings is 2. The van der Waals surface area contributed by atoms with Gasteiger partial charge in [0.05, 0.1) is 50.2 Å². The van der Waals surface area contributed by atoms with E-state index in [4.69, 9.17) is 19.5 Å². The monoisotopic (exact) mass is 865 g/mol. The van der Waals surface area contributed by atoms with Crippen LogP contribution in [-0.4, -0.2) is 104 Å². The highest BCUT2D eigenvalue weighted by Gasteiger charge is 2.39. The van der Waals surface area contributed by atoms with E-state index < -0.39 is 24.3 Å². The number of likely N-dealkylation sites (tertiary alicyclic amines) is 2. The number of nitrogens with one attached hydrogen (secondary N) is 3. The van der Waals surface area contributed by atoms with Gasteiger partial charge in [-0.25, -0.2) is 19.6 Å². The molecule has 5 heterocycles. The van der Waals surface area contributed by atoms with Crippen LogP contribution >= 0.6 is 0 Å². The van der Waals surface area contributed by atoms with E-state index >= 15 is 0 Å². The van der Waals surface area contributed by atoms with E-state index in [1.807, 2.05) is 66.0 Å². The summed E-state index contributed by atoms with van der Waals surface area (Å²) in [5.74, 6) is 0.284. The Bertz CT molecular complexity index is 2510. The van der Waals surface area contributed by atoms with Gasteiger partial charge >= 0.3 is 12.2 Å². The maximum absolute atomic E-state index is 14.1. The number of aromatic amines is 1. The summed E-state index contributed by atoms with van der Waals surface area (Å²) in [6.07, 6.45) is 10.2. The third-order valence-corrected chi connectivity index (χ3v) is 12.4. The first-order chi connectivity index (χ1) is 31.1. The van der Waals surface area contributed by atoms with Gasteiger partial charge in [-0.1, -0.05) is 92.7 Å². The molecule has 0 saturated carbocycles. The van der Waals surface area contributed by atoms with Crippen LogP contribution in [0.1, 0.15) is 74.6 Å². The van der Waals surface area contributed by atoms with Gasteiger partial charge in [0.25, 0.3) is 0 Å². The molecule has 0 bridgehead atoms. The number of hydrogen-bond donors (Lipinski definition) is 3. The summed E-state index contributed by atoms with van der Waals surface area (Å²) in [4.78, 5) is 73.4. The number of rotatable bonds is 14. The molecule has 4 atom stereocenters. The molecule has 5 aromatic rings. The second kappa shape index (κ2) is 19.6. The van der Waals surface area contributed by atoms with Crippen molar-refractivity contribution in [1.29, 1.82) is 0 Å². The zero-order valence-electron chi connectivity index (χ0n) is 36.7. The normalized spacial score (nSPS) is 18.1. The van der Waals surface area contributed by atoms with Crippen LogP contribution in [0.25, 0.3) is 28.0 Å². The van der Waals surface area contributed by atoms with Crippen molar-refractivity contribution in [3.63, 3.8) is 0 Å². The molecule has 15 heteroatoms. The molecule has 3 aliphatic heterocycles. The number of H-pyrrole nitrogens is 1. The Balaban J connectivity index is 0.884. The van der Waals surface area contributed by atoms with Crippen molar-refractivity contribution >= 4 is 35.3 Å². The van der Waals surface area contributed by atoms with E-state index in [0.717, 1.165) is 70.5 Å². The summed E-state index contributed by atoms with van der Waals surface area (Å²) in [6.45, 7) is 5.64. The van der Waals surface area contributed by atoms with Crippen molar-refractivity contribution in [2.24, 2.45) is 10.9 Å². The second-order valence-corrected chi connectivity index (χ2v) is 16.9. The molecule has 8 rings (SSSR count). The molecule has 2 aromatic heterocycles. The Morgan fingerprint density at radius 3 is 2.06 bits per heavy atom. The van der Waals surface area contributed by atoms with Crippen LogP contribution in [0.4, 0.5) is 9.59 Å². The second-order valence-electron chi connectivity index (χ2n) is 16.9. The summed E-state index contributed by atoms with van der Waals surface area (Å²) in [7, 11) is 2.58. The summed E-state index contributed by atoms with van der Waals surface area (Å²) < 4.78 is 11.6. The first-order valence-corrected chi connectivity index (χ1v) is 21.9. The Morgan fingerprint density at radius 1 is 0.766 bits per heavy atom. The van der Waals surface area contributed by atoms with Crippen LogP contribution < -0.4 is 10.6 Å². The van der Waals surface area contributed by atoms with Crippen LogP contribution in [0, 0.1) is 5.92 Å². The number of hydrogen-bond acceptors (Lipinski definition) is 9. The predicted octanol–water partition coefficient (Wildman–Crippen LogP) is 7.18. The highest BCUT2D eigenvalue weighted by atomic mass is 16.5. The Labute approximate surface area is 373 Å². The van der Waals surface area contributed by atoms with E-state index in [0.29, 0.717) is 37.6 Å². The molecule has 3 N–H and O–H groups in total. The van der Waals surface area contributed by atoms with Crippen molar-refractivity contribution in [3.8, 4) is 22.4 Å². The lowest BCUT2D eigenvalue weighted by Gasteiger charge is -2.31. The Hall–Kier alpha value is -7.03. The van der Waals surface area contributed by atoms with Crippen LogP contribution in [-0.2, 0) is 32.0 Å². The number of benzene rings is 3. The van der Waals surface area contributed by atoms with Gasteiger partial charge in [-0.05, 0) is 65.0 Å². The first kappa shape index (κ1) is 43.6. The van der Waals surface area contributed by atoms with E-state index in [1.54, 1.807) is 17.4 Å². The molecule has 332 valence electrons. The average Bonchev–Trinajstić information content (AvgIpc) is 4.18. The fourth-order valence-corrected chi connectivity index (χ4v) is 8.97. The lowest BCUT2D eigenvalue weighted by molar-refractivity contribution is -0.135. The topological polar surface area (TPSA) is 176 Å². The molecule has 0 radical (unpaired) electrons. The maximum atomic E-state index is 14.1. The van der Waals surface area contributed by atoms with Gasteiger partial charge in [-0.2, -0.15) is 0 Å². The van der Waals surface area contributed by atoms with Gasteiger partial charge in [-0.15, -0.1) is 0 Å². The molecule has 0 spiro atoms. The average molecular weight is 866 g/mol. The highest BCUT2D eigenvalue weighted by molar-refractivity contribution is 6.04. The fourth-order valence-electron chi connectivity index (χ4n) is 8.97. The lowest BCUT2D eigenvalue weighted by Crippen LogP contribution is -2.53. The molecule has 0 unspecified atom stereocenters. The number of aromatic nitrogens is 4. The maximum Gasteiger partial charge on any atom is 0.407 e. The van der Waals surface area contributed by atoms with E-state index in [9.17, 15) is 19.2 Å². The molecule has 0 aliphatic carbocycles. The standard InChI is InChI=1S/C49H55N9O6/c1-31(2)44(55-49(62)64-4)47(60)57-22-8-12-42(57)39-24-37(26-50-39)35-16-14-33(15-17-35)34-18-20-36(21-19-34)41-27-51-45(53-41)43-13-9-23-58(43)46(59)40(54-48(61)63-3)25-38-29-56(30-52-38)28-32-10-6-5-7-11-32/h5-7,10-11,14-21,26-27,29-31,40,42-44H,8-9,12-13,22-25,28H2,1-4H3,(H,51,53)(H,54,61)(H,55,62)/t40-,42-,43-,44-/m0/s1. The summed E-state index contributed by atoms with van der Waals surface area (Å²) >= 11 is 0. The van der Waals surface area contributed by atoms with Gasteiger partial charge < -0.3 is 39.5 Å². The molecular formula is C49H55N9O6. The molecular weight excluding hydrogens is 811 g/mol. The van der Waals surface area contributed by atoms with Gasteiger partial charge in [-0.3, -0.25) is 14.6 Å². The van der Waals surface area contributed by atoms with Gasteiger partial charge in [0.1, 0.15) is 17.9 Å². The summed E-state index contributed by atoms with van der Waals surface area (Å²) in [5, 5.41) is 5.47. The molecule has 2 saturated heterocycles. The zero-order chi connectivity index (χ0) is 44.7. The fraction of sp³-hybridized carbons (Fsp3) is 0.367. The minimum absolute atomic E-state index is 0.0918. The molecule has 64 heavy (non-hydrogen) atoms. The third kappa shape index (κ3) is 9.78. The van der Waals surface area contributed by atoms with Gasteiger partial charge in [0.2, 0.25) is 11.8 Å². The molecule has 4 amide bonds. The Morgan fingerprint density at radius 2 is 1.39 bits per heavy atom. The Kier molecular flexibility index (Phi) is 13.3. The number of aliphatic imine (C=N–C) groups is 1. The summed E-state index contributed by atoms with van der Waals surface area (Å²) in [5.41, 5.74) is 8.91. The van der Waals surface area contributed by atoms with E-state index in [-0.39, 0.29) is 36.2 Å². The SMILES string of the molecule is COC(=O)N[C@@H](Cc1cn(Cc2ccccc2)cn1)C(=O)N1CCC[C@H]1c1ncc(-c2ccc(-c3ccc(C4=CN=C([C@@H]5CCCN5C(=O)[C@@H](NC(=O)OC)C(C)C)C4)cc3)cc2)[nH]1. The third-order valence-electron chi connectivity index (χ3n) is 12.4. The number of carbonyl (C=O) groups excluding carboxylic acids is 4. The van der Waals surface area contributed by atoms with E-state index in [1.165, 1.54) is 14.2 Å². The van der Waals surface area contributed by atoms with Crippen LogP contribution in [0.3, 0.4) is 0 Å². The number of ether oxygens (including phenoxy) is 2. The van der Waals surface area contributed by atoms with Crippen molar-refractivity contribution in [1.82, 2.24) is 40.0 Å². The van der Waals surface area contributed by atoms with Gasteiger partial charge in [0, 0.05) is 50.6 Å². The van der Waals surface area contributed by atoms with Crippen LogP contribution in [0.5, 0.6) is 0 Å². The van der Waals surface area contributed by atoms with E-state index in [2.05, 4.69) is 69.1 Å². The quantitative estimate of drug-likeness (QED) is 0.105. The van der Waals surface area contributed by atoms with Crippen molar-refractivity contribution in [3.05, 3.63) is 126 Å². The molecule has 2 fully saturated rings. The number of nitrogens with zero attached hydrogens (tertiary/aromatic N) is 6. The minimum Gasteiger partial charge on any atom is -0.453 e.